The molecule has 0 saturated heterocycles. The first-order valence-electron chi connectivity index (χ1n) is 6.22. The summed E-state index contributed by atoms with van der Waals surface area (Å²) in [7, 11) is 0. The number of benzene rings is 2. The lowest BCUT2D eigenvalue weighted by atomic mass is 10.0. The van der Waals surface area contributed by atoms with Crippen LogP contribution in [0.15, 0.2) is 46.9 Å². The van der Waals surface area contributed by atoms with E-state index in [2.05, 4.69) is 63.9 Å². The van der Waals surface area contributed by atoms with E-state index >= 15 is 0 Å². The number of halogens is 2. The zero-order chi connectivity index (χ0) is 13.8. The molecule has 19 heavy (non-hydrogen) atoms. The quantitative estimate of drug-likeness (QED) is 0.566. The van der Waals surface area contributed by atoms with Crippen LogP contribution in [0.5, 0.6) is 11.5 Å². The third-order valence-electron chi connectivity index (χ3n) is 2.95. The van der Waals surface area contributed by atoms with Crippen molar-refractivity contribution >= 4 is 31.9 Å². The van der Waals surface area contributed by atoms with Crippen molar-refractivity contribution in [3.8, 4) is 11.5 Å². The average Bonchev–Trinajstić information content (AvgIpc) is 2.39. The van der Waals surface area contributed by atoms with Gasteiger partial charge in [0, 0.05) is 9.80 Å². The fourth-order valence-corrected chi connectivity index (χ4v) is 3.12. The second kappa shape index (κ2) is 6.58. The molecule has 0 atom stereocenters. The first-order valence-corrected chi connectivity index (χ1v) is 8.14. The summed E-state index contributed by atoms with van der Waals surface area (Å²) in [6, 6.07) is 14.3. The summed E-state index contributed by atoms with van der Waals surface area (Å²) in [4.78, 5) is 0. The molecule has 0 heterocycles. The van der Waals surface area contributed by atoms with Crippen LogP contribution < -0.4 is 4.74 Å². The molecule has 2 rings (SSSR count). The van der Waals surface area contributed by atoms with Gasteiger partial charge in [0.2, 0.25) is 0 Å². The van der Waals surface area contributed by atoms with Crippen LogP contribution in [-0.2, 0) is 5.33 Å². The van der Waals surface area contributed by atoms with Gasteiger partial charge in [-0.05, 0) is 41.3 Å². The third kappa shape index (κ3) is 3.83. The first-order chi connectivity index (χ1) is 9.10. The summed E-state index contributed by atoms with van der Waals surface area (Å²) in [5.74, 6) is 2.25. The fourth-order valence-electron chi connectivity index (χ4n) is 1.76. The highest BCUT2D eigenvalue weighted by Gasteiger charge is 2.03. The minimum atomic E-state index is 0.543. The van der Waals surface area contributed by atoms with Crippen LogP contribution in [0.25, 0.3) is 0 Å². The van der Waals surface area contributed by atoms with Gasteiger partial charge in [0.1, 0.15) is 11.5 Å². The number of alkyl halides is 1. The van der Waals surface area contributed by atoms with Crippen molar-refractivity contribution in [2.24, 2.45) is 0 Å². The minimum Gasteiger partial charge on any atom is -0.457 e. The van der Waals surface area contributed by atoms with Crippen LogP contribution in [0.2, 0.25) is 0 Å². The largest absolute Gasteiger partial charge is 0.457 e. The fraction of sp³-hybridized carbons (Fsp3) is 0.250. The Bertz CT molecular complexity index is 547. The van der Waals surface area contributed by atoms with Gasteiger partial charge in [-0.3, -0.25) is 0 Å². The summed E-state index contributed by atoms with van der Waals surface area (Å²) in [6.45, 7) is 4.37. The number of hydrogen-bond acceptors (Lipinski definition) is 1. The molecule has 2 aromatic rings. The van der Waals surface area contributed by atoms with Gasteiger partial charge >= 0.3 is 0 Å². The summed E-state index contributed by atoms with van der Waals surface area (Å²) >= 11 is 6.99. The molecule has 1 nitrogen and oxygen atoms in total. The summed E-state index contributed by atoms with van der Waals surface area (Å²) < 4.78 is 6.90. The summed E-state index contributed by atoms with van der Waals surface area (Å²) in [6.07, 6.45) is 0. The van der Waals surface area contributed by atoms with Gasteiger partial charge in [-0.25, -0.2) is 0 Å². The van der Waals surface area contributed by atoms with Gasteiger partial charge in [0.05, 0.1) is 0 Å². The maximum Gasteiger partial charge on any atom is 0.128 e. The Kier molecular flexibility index (Phi) is 5.06. The highest BCUT2D eigenvalue weighted by atomic mass is 79.9. The second-order valence-corrected chi connectivity index (χ2v) is 6.13. The van der Waals surface area contributed by atoms with Crippen molar-refractivity contribution in [1.29, 1.82) is 0 Å². The first kappa shape index (κ1) is 14.6. The molecule has 0 radical (unpaired) electrons. The van der Waals surface area contributed by atoms with Crippen molar-refractivity contribution in [3.63, 3.8) is 0 Å². The van der Waals surface area contributed by atoms with Crippen molar-refractivity contribution in [2.45, 2.75) is 25.1 Å². The molecule has 0 N–H and O–H groups in total. The van der Waals surface area contributed by atoms with E-state index in [4.69, 9.17) is 4.74 Å². The Hall–Kier alpha value is -0.800. The van der Waals surface area contributed by atoms with Crippen LogP contribution in [0.4, 0.5) is 0 Å². The van der Waals surface area contributed by atoms with Gasteiger partial charge in [-0.15, -0.1) is 0 Å². The van der Waals surface area contributed by atoms with E-state index in [1.807, 2.05) is 24.3 Å². The molecule has 0 fully saturated rings. The lowest BCUT2D eigenvalue weighted by Gasteiger charge is -2.10. The zero-order valence-corrected chi connectivity index (χ0v) is 14.2. The second-order valence-electron chi connectivity index (χ2n) is 4.71. The third-order valence-corrected chi connectivity index (χ3v) is 4.29. The topological polar surface area (TPSA) is 9.23 Å². The normalized spacial score (nSPS) is 10.8. The minimum absolute atomic E-state index is 0.543. The highest BCUT2D eigenvalue weighted by Crippen LogP contribution is 2.29. The lowest BCUT2D eigenvalue weighted by Crippen LogP contribution is -1.89. The molecule has 0 aliphatic heterocycles. The van der Waals surface area contributed by atoms with E-state index in [0.717, 1.165) is 21.3 Å². The number of rotatable bonds is 4. The van der Waals surface area contributed by atoms with E-state index < -0.39 is 0 Å². The number of ether oxygens (including phenoxy) is 1. The molecule has 0 saturated carbocycles. The summed E-state index contributed by atoms with van der Waals surface area (Å²) in [5.41, 5.74) is 2.53. The Morgan fingerprint density at radius 3 is 2.16 bits per heavy atom. The average molecular weight is 384 g/mol. The Morgan fingerprint density at radius 1 is 1.00 bits per heavy atom. The molecule has 0 aliphatic carbocycles. The molecule has 0 amide bonds. The van der Waals surface area contributed by atoms with Crippen molar-refractivity contribution in [3.05, 3.63) is 58.1 Å². The molecule has 0 bridgehead atoms. The lowest BCUT2D eigenvalue weighted by molar-refractivity contribution is 0.482. The van der Waals surface area contributed by atoms with Gasteiger partial charge in [-0.2, -0.15) is 0 Å². The van der Waals surface area contributed by atoms with Crippen LogP contribution in [0, 0.1) is 0 Å². The van der Waals surface area contributed by atoms with E-state index in [1.54, 1.807) is 0 Å². The van der Waals surface area contributed by atoms with Gasteiger partial charge in [-0.1, -0.05) is 63.9 Å². The van der Waals surface area contributed by atoms with Crippen LogP contribution in [0.3, 0.4) is 0 Å². The molecule has 100 valence electrons. The van der Waals surface area contributed by atoms with Crippen LogP contribution in [0.1, 0.15) is 30.9 Å². The van der Waals surface area contributed by atoms with Gasteiger partial charge in [0.25, 0.3) is 0 Å². The predicted molar refractivity (Wildman–Crippen MR) is 87.4 cm³/mol. The van der Waals surface area contributed by atoms with Gasteiger partial charge in [0.15, 0.2) is 0 Å². The van der Waals surface area contributed by atoms with Crippen LogP contribution in [-0.4, -0.2) is 0 Å². The van der Waals surface area contributed by atoms with E-state index in [-0.39, 0.29) is 0 Å². The van der Waals surface area contributed by atoms with E-state index in [0.29, 0.717) is 5.92 Å². The predicted octanol–water partition coefficient (Wildman–Crippen LogP) is 6.26. The maximum atomic E-state index is 5.85. The van der Waals surface area contributed by atoms with Crippen molar-refractivity contribution in [2.75, 3.05) is 0 Å². The molecule has 0 unspecified atom stereocenters. The smallest absolute Gasteiger partial charge is 0.128 e. The molecular weight excluding hydrogens is 368 g/mol. The molecule has 0 spiro atoms. The Morgan fingerprint density at radius 2 is 1.63 bits per heavy atom. The SMILES string of the molecule is CC(C)c1ccc(Oc2ccc(CBr)c(Br)c2)cc1. The molecule has 0 aliphatic rings. The molecule has 2 aromatic carbocycles. The summed E-state index contributed by atoms with van der Waals surface area (Å²) in [5, 5.41) is 0.830. The highest BCUT2D eigenvalue weighted by molar-refractivity contribution is 9.10. The standard InChI is InChI=1S/C16H16Br2O/c1-11(2)12-3-6-14(7-4-12)19-15-8-5-13(10-17)16(18)9-15/h3-9,11H,10H2,1-2H3. The number of hydrogen-bond donors (Lipinski definition) is 0. The molecular formula is C16H16Br2O. The maximum absolute atomic E-state index is 5.85. The zero-order valence-electron chi connectivity index (χ0n) is 11.0. The van der Waals surface area contributed by atoms with Crippen molar-refractivity contribution in [1.82, 2.24) is 0 Å². The monoisotopic (exact) mass is 382 g/mol. The van der Waals surface area contributed by atoms with Gasteiger partial charge < -0.3 is 4.74 Å². The van der Waals surface area contributed by atoms with E-state index in [1.165, 1.54) is 11.1 Å². The Labute approximate surface area is 131 Å². The Balaban J connectivity index is 2.14. The van der Waals surface area contributed by atoms with E-state index in [9.17, 15) is 0 Å². The van der Waals surface area contributed by atoms with Crippen LogP contribution >= 0.6 is 31.9 Å². The molecule has 0 aromatic heterocycles. The van der Waals surface area contributed by atoms with Crippen molar-refractivity contribution < 1.29 is 4.74 Å². The molecule has 3 heteroatoms.